The van der Waals surface area contributed by atoms with E-state index in [9.17, 15) is 9.90 Å². The molecule has 0 heterocycles. The third-order valence-electron chi connectivity index (χ3n) is 2.33. The molecule has 1 aromatic carbocycles. The molecule has 0 aromatic heterocycles. The van der Waals surface area contributed by atoms with Crippen molar-refractivity contribution >= 4 is 11.7 Å². The highest BCUT2D eigenvalue weighted by Gasteiger charge is 2.19. The quantitative estimate of drug-likeness (QED) is 0.792. The predicted molar refractivity (Wildman–Crippen MR) is 58.2 cm³/mol. The SMILES string of the molecule is CCN(c1cccc(O)c1)C(C)C(=O)O. The van der Waals surface area contributed by atoms with Crippen molar-refractivity contribution in [2.75, 3.05) is 11.4 Å². The van der Waals surface area contributed by atoms with E-state index in [2.05, 4.69) is 0 Å². The first-order valence-corrected chi connectivity index (χ1v) is 4.84. The van der Waals surface area contributed by atoms with Crippen LogP contribution < -0.4 is 4.90 Å². The Morgan fingerprint density at radius 2 is 2.20 bits per heavy atom. The van der Waals surface area contributed by atoms with Crippen molar-refractivity contribution in [3.05, 3.63) is 24.3 Å². The molecule has 4 nitrogen and oxygen atoms in total. The third-order valence-corrected chi connectivity index (χ3v) is 2.33. The average molecular weight is 209 g/mol. The lowest BCUT2D eigenvalue weighted by atomic mass is 10.2. The van der Waals surface area contributed by atoms with Gasteiger partial charge in [-0.1, -0.05) is 6.07 Å². The number of anilines is 1. The monoisotopic (exact) mass is 209 g/mol. The van der Waals surface area contributed by atoms with Gasteiger partial charge in [-0.25, -0.2) is 4.79 Å². The molecule has 0 aliphatic carbocycles. The van der Waals surface area contributed by atoms with Gasteiger partial charge in [-0.3, -0.25) is 0 Å². The summed E-state index contributed by atoms with van der Waals surface area (Å²) in [5.41, 5.74) is 0.715. The largest absolute Gasteiger partial charge is 0.508 e. The van der Waals surface area contributed by atoms with Crippen molar-refractivity contribution in [2.45, 2.75) is 19.9 Å². The van der Waals surface area contributed by atoms with Gasteiger partial charge in [0, 0.05) is 18.3 Å². The lowest BCUT2D eigenvalue weighted by Gasteiger charge is -2.27. The van der Waals surface area contributed by atoms with Crippen LogP contribution in [0.2, 0.25) is 0 Å². The van der Waals surface area contributed by atoms with E-state index in [1.165, 1.54) is 0 Å². The van der Waals surface area contributed by atoms with Gasteiger partial charge >= 0.3 is 5.97 Å². The van der Waals surface area contributed by atoms with Crippen LogP contribution in [0.3, 0.4) is 0 Å². The van der Waals surface area contributed by atoms with Crippen LogP contribution in [-0.2, 0) is 4.79 Å². The highest BCUT2D eigenvalue weighted by molar-refractivity contribution is 5.77. The minimum Gasteiger partial charge on any atom is -0.508 e. The molecule has 2 N–H and O–H groups in total. The molecular formula is C11H15NO3. The van der Waals surface area contributed by atoms with Gasteiger partial charge in [0.1, 0.15) is 11.8 Å². The number of phenols is 1. The van der Waals surface area contributed by atoms with Gasteiger partial charge in [0.05, 0.1) is 0 Å². The first-order valence-electron chi connectivity index (χ1n) is 4.84. The number of carbonyl (C=O) groups is 1. The lowest BCUT2D eigenvalue weighted by Crippen LogP contribution is -2.38. The number of benzene rings is 1. The summed E-state index contributed by atoms with van der Waals surface area (Å²) in [6, 6.07) is 5.99. The summed E-state index contributed by atoms with van der Waals surface area (Å²) in [6.45, 7) is 4.08. The maximum absolute atomic E-state index is 10.9. The van der Waals surface area contributed by atoms with E-state index in [1.807, 2.05) is 6.92 Å². The van der Waals surface area contributed by atoms with Gasteiger partial charge in [-0.15, -0.1) is 0 Å². The standard InChI is InChI=1S/C11H15NO3/c1-3-12(8(2)11(14)15)9-5-4-6-10(13)7-9/h4-8,13H,3H2,1-2H3,(H,14,15). The molecule has 1 unspecified atom stereocenters. The highest BCUT2D eigenvalue weighted by Crippen LogP contribution is 2.21. The molecule has 1 rings (SSSR count). The number of carboxylic acid groups (broad SMARTS) is 1. The number of likely N-dealkylation sites (N-methyl/N-ethyl adjacent to an activating group) is 1. The zero-order valence-electron chi connectivity index (χ0n) is 8.84. The van der Waals surface area contributed by atoms with Gasteiger partial charge in [-0.2, -0.15) is 0 Å². The number of hydrogen-bond acceptors (Lipinski definition) is 3. The molecule has 82 valence electrons. The molecule has 0 saturated heterocycles. The van der Waals surface area contributed by atoms with Gasteiger partial charge in [0.15, 0.2) is 0 Å². The van der Waals surface area contributed by atoms with Gasteiger partial charge < -0.3 is 15.1 Å². The number of phenolic OH excluding ortho intramolecular Hbond substituents is 1. The van der Waals surface area contributed by atoms with E-state index in [1.54, 1.807) is 36.1 Å². The fraction of sp³-hybridized carbons (Fsp3) is 0.364. The lowest BCUT2D eigenvalue weighted by molar-refractivity contribution is -0.138. The molecule has 0 bridgehead atoms. The molecule has 0 aliphatic rings. The average Bonchev–Trinajstić information content (AvgIpc) is 2.18. The molecule has 0 aliphatic heterocycles. The van der Waals surface area contributed by atoms with E-state index in [4.69, 9.17) is 5.11 Å². The Bertz CT molecular complexity index is 351. The van der Waals surface area contributed by atoms with Crippen LogP contribution in [0, 0.1) is 0 Å². The molecule has 1 atom stereocenters. The smallest absolute Gasteiger partial charge is 0.326 e. The van der Waals surface area contributed by atoms with Gasteiger partial charge in [0.2, 0.25) is 0 Å². The number of rotatable bonds is 4. The summed E-state index contributed by atoms with van der Waals surface area (Å²) >= 11 is 0. The minimum absolute atomic E-state index is 0.142. The fourth-order valence-corrected chi connectivity index (χ4v) is 1.49. The molecular weight excluding hydrogens is 194 g/mol. The second kappa shape index (κ2) is 4.68. The van der Waals surface area contributed by atoms with E-state index in [0.717, 1.165) is 0 Å². The Kier molecular flexibility index (Phi) is 3.55. The van der Waals surface area contributed by atoms with Crippen LogP contribution in [0.15, 0.2) is 24.3 Å². The van der Waals surface area contributed by atoms with Crippen molar-refractivity contribution in [1.29, 1.82) is 0 Å². The molecule has 1 aromatic rings. The Labute approximate surface area is 88.8 Å². The zero-order chi connectivity index (χ0) is 11.4. The second-order valence-electron chi connectivity index (χ2n) is 3.32. The maximum Gasteiger partial charge on any atom is 0.326 e. The van der Waals surface area contributed by atoms with Crippen LogP contribution in [0.25, 0.3) is 0 Å². The number of hydrogen-bond donors (Lipinski definition) is 2. The Hall–Kier alpha value is -1.71. The van der Waals surface area contributed by atoms with E-state index in [0.29, 0.717) is 12.2 Å². The van der Waals surface area contributed by atoms with Crippen molar-refractivity contribution in [3.8, 4) is 5.75 Å². The first kappa shape index (κ1) is 11.4. The molecule has 0 saturated carbocycles. The van der Waals surface area contributed by atoms with Crippen LogP contribution in [-0.4, -0.2) is 28.8 Å². The van der Waals surface area contributed by atoms with E-state index < -0.39 is 12.0 Å². The molecule has 0 spiro atoms. The van der Waals surface area contributed by atoms with Crippen LogP contribution in [0.1, 0.15) is 13.8 Å². The van der Waals surface area contributed by atoms with Crippen molar-refractivity contribution in [1.82, 2.24) is 0 Å². The fourth-order valence-electron chi connectivity index (χ4n) is 1.49. The van der Waals surface area contributed by atoms with Crippen molar-refractivity contribution in [2.24, 2.45) is 0 Å². The number of aromatic hydroxyl groups is 1. The molecule has 15 heavy (non-hydrogen) atoms. The Balaban J connectivity index is 2.97. The van der Waals surface area contributed by atoms with Crippen LogP contribution >= 0.6 is 0 Å². The maximum atomic E-state index is 10.9. The normalized spacial score (nSPS) is 12.1. The summed E-state index contributed by atoms with van der Waals surface area (Å²) in [6.07, 6.45) is 0. The first-order chi connectivity index (χ1) is 7.06. The predicted octanol–water partition coefficient (Wildman–Crippen LogP) is 1.69. The van der Waals surface area contributed by atoms with Crippen LogP contribution in [0.5, 0.6) is 5.75 Å². The van der Waals surface area contributed by atoms with Crippen molar-refractivity contribution < 1.29 is 15.0 Å². The van der Waals surface area contributed by atoms with Gasteiger partial charge in [0.25, 0.3) is 0 Å². The van der Waals surface area contributed by atoms with E-state index in [-0.39, 0.29) is 5.75 Å². The number of aliphatic carboxylic acids is 1. The van der Waals surface area contributed by atoms with Crippen molar-refractivity contribution in [3.63, 3.8) is 0 Å². The third kappa shape index (κ3) is 2.62. The van der Waals surface area contributed by atoms with Crippen LogP contribution in [0.4, 0.5) is 5.69 Å². The second-order valence-corrected chi connectivity index (χ2v) is 3.32. The zero-order valence-corrected chi connectivity index (χ0v) is 8.84. The molecule has 4 heteroatoms. The summed E-state index contributed by atoms with van der Waals surface area (Å²) in [5.74, 6) is -0.733. The summed E-state index contributed by atoms with van der Waals surface area (Å²) in [4.78, 5) is 12.6. The Morgan fingerprint density at radius 3 is 2.67 bits per heavy atom. The topological polar surface area (TPSA) is 60.8 Å². The number of carboxylic acids is 1. The summed E-state index contributed by atoms with van der Waals surface area (Å²) in [5, 5.41) is 18.2. The summed E-state index contributed by atoms with van der Waals surface area (Å²) in [7, 11) is 0. The molecule has 0 radical (unpaired) electrons. The highest BCUT2D eigenvalue weighted by atomic mass is 16.4. The number of nitrogens with zero attached hydrogens (tertiary/aromatic N) is 1. The minimum atomic E-state index is -0.875. The van der Waals surface area contributed by atoms with Gasteiger partial charge in [-0.05, 0) is 26.0 Å². The summed E-state index contributed by atoms with van der Waals surface area (Å²) < 4.78 is 0. The molecule has 0 amide bonds. The Morgan fingerprint density at radius 1 is 1.53 bits per heavy atom. The molecule has 0 fully saturated rings. The van der Waals surface area contributed by atoms with E-state index >= 15 is 0 Å².